The Hall–Kier alpha value is -1.77. The van der Waals surface area contributed by atoms with Crippen molar-refractivity contribution < 1.29 is 4.74 Å². The summed E-state index contributed by atoms with van der Waals surface area (Å²) in [6.45, 7) is 2.73. The second-order valence-electron chi connectivity index (χ2n) is 3.38. The number of hydrogen-bond donors (Lipinski definition) is 1. The predicted molar refractivity (Wildman–Crippen MR) is 58.7 cm³/mol. The van der Waals surface area contributed by atoms with Crippen molar-refractivity contribution in [1.82, 2.24) is 10.2 Å². The molecule has 1 N–H and O–H groups in total. The molecule has 0 saturated heterocycles. The molecule has 0 aliphatic carbocycles. The van der Waals surface area contributed by atoms with Gasteiger partial charge in [0.2, 0.25) is 5.88 Å². The molecule has 0 amide bonds. The third kappa shape index (κ3) is 2.59. The number of hydrogen-bond acceptors (Lipinski definition) is 2. The zero-order valence-corrected chi connectivity index (χ0v) is 8.73. The quantitative estimate of drug-likeness (QED) is 0.827. The van der Waals surface area contributed by atoms with Crippen molar-refractivity contribution in [1.29, 1.82) is 0 Å². The van der Waals surface area contributed by atoms with E-state index < -0.39 is 0 Å². The third-order valence-electron chi connectivity index (χ3n) is 2.27. The molecule has 0 aliphatic heterocycles. The van der Waals surface area contributed by atoms with E-state index in [4.69, 9.17) is 4.74 Å². The predicted octanol–water partition coefficient (Wildman–Crippen LogP) is 2.55. The van der Waals surface area contributed by atoms with Crippen LogP contribution >= 0.6 is 0 Å². The summed E-state index contributed by atoms with van der Waals surface area (Å²) in [4.78, 5) is 0. The summed E-state index contributed by atoms with van der Waals surface area (Å²) in [5, 5.41) is 6.58. The zero-order valence-electron chi connectivity index (χ0n) is 8.73. The van der Waals surface area contributed by atoms with Crippen molar-refractivity contribution in [3.8, 4) is 5.88 Å². The molecule has 0 atom stereocenters. The highest BCUT2D eigenvalue weighted by Gasteiger charge is 1.97. The number of ether oxygens (including phenoxy) is 1. The highest BCUT2D eigenvalue weighted by molar-refractivity contribution is 5.23. The molecule has 0 bridgehead atoms. The van der Waals surface area contributed by atoms with E-state index >= 15 is 0 Å². The maximum atomic E-state index is 5.51. The molecule has 0 spiro atoms. The zero-order chi connectivity index (χ0) is 10.5. The first-order chi connectivity index (χ1) is 7.38. The van der Waals surface area contributed by atoms with Crippen LogP contribution in [-0.2, 0) is 13.0 Å². The Balaban J connectivity index is 1.98. The van der Waals surface area contributed by atoms with Gasteiger partial charge in [-0.3, -0.25) is 0 Å². The average Bonchev–Trinajstić information content (AvgIpc) is 2.79. The highest BCUT2D eigenvalue weighted by atomic mass is 16.5. The normalized spacial score (nSPS) is 10.2. The molecule has 2 aromatic rings. The molecule has 0 fully saturated rings. The summed E-state index contributed by atoms with van der Waals surface area (Å²) >= 11 is 0. The molecule has 3 nitrogen and oxygen atoms in total. The van der Waals surface area contributed by atoms with Gasteiger partial charge in [-0.25, -0.2) is 5.10 Å². The van der Waals surface area contributed by atoms with Gasteiger partial charge in [-0.15, -0.1) is 0 Å². The number of benzene rings is 1. The Morgan fingerprint density at radius 1 is 1.27 bits per heavy atom. The lowest BCUT2D eigenvalue weighted by Gasteiger charge is -2.04. The first kappa shape index (κ1) is 9.77. The van der Waals surface area contributed by atoms with Crippen LogP contribution in [0.2, 0.25) is 0 Å². The molecule has 3 heteroatoms. The van der Waals surface area contributed by atoms with Gasteiger partial charge in [0.25, 0.3) is 0 Å². The van der Waals surface area contributed by atoms with Gasteiger partial charge in [-0.1, -0.05) is 31.2 Å². The molecule has 0 saturated carbocycles. The minimum absolute atomic E-state index is 0.579. The van der Waals surface area contributed by atoms with Gasteiger partial charge in [-0.2, -0.15) is 5.10 Å². The Morgan fingerprint density at radius 3 is 2.87 bits per heavy atom. The molecule has 1 aromatic carbocycles. The molecule has 78 valence electrons. The summed E-state index contributed by atoms with van der Waals surface area (Å²) in [6.07, 6.45) is 2.73. The number of nitrogens with one attached hydrogen (secondary N) is 1. The van der Waals surface area contributed by atoms with Crippen LogP contribution in [0.1, 0.15) is 18.1 Å². The molecule has 0 unspecified atom stereocenters. The molecule has 1 aromatic heterocycles. The van der Waals surface area contributed by atoms with Gasteiger partial charge in [0.05, 0.1) is 6.20 Å². The fourth-order valence-electron chi connectivity index (χ4n) is 1.42. The lowest BCUT2D eigenvalue weighted by Crippen LogP contribution is -1.96. The number of aryl methyl sites for hydroxylation is 1. The van der Waals surface area contributed by atoms with Crippen LogP contribution < -0.4 is 4.74 Å². The Labute approximate surface area is 89.1 Å². The summed E-state index contributed by atoms with van der Waals surface area (Å²) < 4.78 is 5.51. The Bertz CT molecular complexity index is 409. The van der Waals surface area contributed by atoms with Crippen LogP contribution in [-0.4, -0.2) is 10.2 Å². The van der Waals surface area contributed by atoms with Gasteiger partial charge < -0.3 is 4.74 Å². The van der Waals surface area contributed by atoms with Gasteiger partial charge in [-0.05, 0) is 17.5 Å². The lowest BCUT2D eigenvalue weighted by atomic mass is 10.1. The lowest BCUT2D eigenvalue weighted by molar-refractivity contribution is 0.293. The maximum Gasteiger partial charge on any atom is 0.209 e. The first-order valence-electron chi connectivity index (χ1n) is 5.08. The van der Waals surface area contributed by atoms with Crippen LogP contribution in [0.3, 0.4) is 0 Å². The monoisotopic (exact) mass is 202 g/mol. The minimum Gasteiger partial charge on any atom is -0.473 e. The topological polar surface area (TPSA) is 37.9 Å². The maximum absolute atomic E-state index is 5.51. The van der Waals surface area contributed by atoms with Crippen LogP contribution in [0.5, 0.6) is 5.88 Å². The summed E-state index contributed by atoms with van der Waals surface area (Å²) in [6, 6.07) is 10.2. The van der Waals surface area contributed by atoms with Crippen molar-refractivity contribution in [2.75, 3.05) is 0 Å². The Morgan fingerprint density at radius 2 is 2.13 bits per heavy atom. The molecule has 0 radical (unpaired) electrons. The summed E-state index contributed by atoms with van der Waals surface area (Å²) in [5.74, 6) is 0.705. The van der Waals surface area contributed by atoms with E-state index in [1.54, 1.807) is 6.20 Å². The van der Waals surface area contributed by atoms with E-state index in [2.05, 4.69) is 41.4 Å². The van der Waals surface area contributed by atoms with E-state index in [0.717, 1.165) is 6.42 Å². The first-order valence-corrected chi connectivity index (χ1v) is 5.08. The molecule has 2 rings (SSSR count). The van der Waals surface area contributed by atoms with Gasteiger partial charge >= 0.3 is 0 Å². The number of aromatic nitrogens is 2. The number of nitrogens with zero attached hydrogens (tertiary/aromatic N) is 1. The van der Waals surface area contributed by atoms with Gasteiger partial charge in [0.1, 0.15) is 6.61 Å². The van der Waals surface area contributed by atoms with E-state index in [9.17, 15) is 0 Å². The van der Waals surface area contributed by atoms with E-state index in [1.807, 2.05) is 6.07 Å². The van der Waals surface area contributed by atoms with Crippen LogP contribution in [0.25, 0.3) is 0 Å². The van der Waals surface area contributed by atoms with Crippen molar-refractivity contribution in [2.45, 2.75) is 20.0 Å². The SMILES string of the molecule is CCc1cccc(COc2ccn[nH]2)c1. The van der Waals surface area contributed by atoms with Crippen molar-refractivity contribution >= 4 is 0 Å². The Kier molecular flexibility index (Phi) is 3.02. The second kappa shape index (κ2) is 4.64. The van der Waals surface area contributed by atoms with Crippen LogP contribution in [0, 0.1) is 0 Å². The molecule has 1 heterocycles. The van der Waals surface area contributed by atoms with Crippen LogP contribution in [0.15, 0.2) is 36.5 Å². The molecular weight excluding hydrogens is 188 g/mol. The fourth-order valence-corrected chi connectivity index (χ4v) is 1.42. The molecule has 15 heavy (non-hydrogen) atoms. The van der Waals surface area contributed by atoms with Crippen molar-refractivity contribution in [3.63, 3.8) is 0 Å². The van der Waals surface area contributed by atoms with Gasteiger partial charge in [0, 0.05) is 6.07 Å². The molecular formula is C12H14N2O. The van der Waals surface area contributed by atoms with Crippen molar-refractivity contribution in [3.05, 3.63) is 47.7 Å². The van der Waals surface area contributed by atoms with E-state index in [0.29, 0.717) is 12.5 Å². The van der Waals surface area contributed by atoms with E-state index in [-0.39, 0.29) is 0 Å². The number of rotatable bonds is 4. The number of aromatic amines is 1. The summed E-state index contributed by atoms with van der Waals surface area (Å²) in [5.41, 5.74) is 2.52. The fraction of sp³-hybridized carbons (Fsp3) is 0.250. The smallest absolute Gasteiger partial charge is 0.209 e. The summed E-state index contributed by atoms with van der Waals surface area (Å²) in [7, 11) is 0. The van der Waals surface area contributed by atoms with Gasteiger partial charge in [0.15, 0.2) is 0 Å². The third-order valence-corrected chi connectivity index (χ3v) is 2.27. The molecule has 0 aliphatic rings. The minimum atomic E-state index is 0.579. The highest BCUT2D eigenvalue weighted by Crippen LogP contribution is 2.10. The standard InChI is InChI=1S/C12H14N2O/c1-2-10-4-3-5-11(8-10)9-15-12-6-7-13-14-12/h3-8H,2,9H2,1H3,(H,13,14). The number of H-pyrrole nitrogens is 1. The van der Waals surface area contributed by atoms with Crippen molar-refractivity contribution in [2.24, 2.45) is 0 Å². The average molecular weight is 202 g/mol. The van der Waals surface area contributed by atoms with Crippen LogP contribution in [0.4, 0.5) is 0 Å². The largest absolute Gasteiger partial charge is 0.473 e. The second-order valence-corrected chi connectivity index (χ2v) is 3.38. The van der Waals surface area contributed by atoms with E-state index in [1.165, 1.54) is 11.1 Å².